The molecule has 1 aromatic carbocycles. The van der Waals surface area contributed by atoms with Gasteiger partial charge >= 0.3 is 5.97 Å². The molecule has 2 amide bonds. The van der Waals surface area contributed by atoms with Gasteiger partial charge in [-0.05, 0) is 23.8 Å². The molecule has 0 unspecified atom stereocenters. The van der Waals surface area contributed by atoms with Crippen molar-refractivity contribution in [3.05, 3.63) is 41.2 Å². The first-order valence-corrected chi connectivity index (χ1v) is 5.63. The number of carboxylic acids is 1. The number of halogens is 1. The van der Waals surface area contributed by atoms with E-state index >= 15 is 0 Å². The molecule has 7 heteroatoms. The highest BCUT2D eigenvalue weighted by Gasteiger charge is 2.12. The highest BCUT2D eigenvalue weighted by Crippen LogP contribution is 2.11. The van der Waals surface area contributed by atoms with Crippen LogP contribution < -0.4 is 10.6 Å². The molecule has 6 nitrogen and oxygen atoms in total. The van der Waals surface area contributed by atoms with Gasteiger partial charge in [-0.3, -0.25) is 9.59 Å². The predicted molar refractivity (Wildman–Crippen MR) is 69.5 cm³/mol. The maximum absolute atomic E-state index is 13.7. The van der Waals surface area contributed by atoms with Crippen LogP contribution in [0.25, 0.3) is 6.08 Å². The standard InChI is InChI=1S/C13H13FN2O4/c1-15-11(17)7-16-13(20)9-4-2-8(6-10(9)14)3-5-12(18)19/h2-6H,7H2,1H3,(H,15,17)(H,16,20)(H,18,19). The second-order valence-electron chi connectivity index (χ2n) is 3.77. The van der Waals surface area contributed by atoms with Crippen LogP contribution >= 0.6 is 0 Å². The van der Waals surface area contributed by atoms with E-state index in [1.165, 1.54) is 25.3 Å². The van der Waals surface area contributed by atoms with Gasteiger partial charge in [-0.25, -0.2) is 9.18 Å². The van der Waals surface area contributed by atoms with Crippen molar-refractivity contribution in [3.8, 4) is 0 Å². The smallest absolute Gasteiger partial charge is 0.328 e. The molecule has 0 heterocycles. The molecule has 0 aliphatic heterocycles. The third-order valence-corrected chi connectivity index (χ3v) is 2.34. The summed E-state index contributed by atoms with van der Waals surface area (Å²) < 4.78 is 13.7. The Morgan fingerprint density at radius 2 is 2.05 bits per heavy atom. The average molecular weight is 280 g/mol. The van der Waals surface area contributed by atoms with E-state index in [0.29, 0.717) is 5.56 Å². The van der Waals surface area contributed by atoms with Crippen molar-refractivity contribution in [1.29, 1.82) is 0 Å². The molecule has 0 aromatic heterocycles. The molecular formula is C13H13FN2O4. The quantitative estimate of drug-likeness (QED) is 0.680. The van der Waals surface area contributed by atoms with Gasteiger partial charge in [0.25, 0.3) is 5.91 Å². The summed E-state index contributed by atoms with van der Waals surface area (Å²) >= 11 is 0. The minimum Gasteiger partial charge on any atom is -0.478 e. The molecule has 0 atom stereocenters. The zero-order valence-corrected chi connectivity index (χ0v) is 10.6. The van der Waals surface area contributed by atoms with Crippen molar-refractivity contribution in [2.75, 3.05) is 13.6 Å². The number of hydrogen-bond donors (Lipinski definition) is 3. The van der Waals surface area contributed by atoms with Crippen molar-refractivity contribution in [2.24, 2.45) is 0 Å². The molecule has 0 aliphatic rings. The van der Waals surface area contributed by atoms with Crippen LogP contribution in [0.15, 0.2) is 24.3 Å². The van der Waals surface area contributed by atoms with Crippen molar-refractivity contribution < 1.29 is 23.9 Å². The third-order valence-electron chi connectivity index (χ3n) is 2.34. The first-order chi connectivity index (χ1) is 9.43. The van der Waals surface area contributed by atoms with E-state index in [1.807, 2.05) is 0 Å². The Bertz CT molecular complexity index is 569. The topological polar surface area (TPSA) is 95.5 Å². The summed E-state index contributed by atoms with van der Waals surface area (Å²) in [7, 11) is 1.42. The summed E-state index contributed by atoms with van der Waals surface area (Å²) in [6.07, 6.45) is 2.07. The number of nitrogens with one attached hydrogen (secondary N) is 2. The lowest BCUT2D eigenvalue weighted by Gasteiger charge is -2.06. The molecule has 20 heavy (non-hydrogen) atoms. The highest BCUT2D eigenvalue weighted by molar-refractivity contribution is 5.97. The van der Waals surface area contributed by atoms with E-state index < -0.39 is 23.6 Å². The molecule has 0 spiro atoms. The van der Waals surface area contributed by atoms with E-state index in [4.69, 9.17) is 5.11 Å². The average Bonchev–Trinajstić information content (AvgIpc) is 2.42. The van der Waals surface area contributed by atoms with Gasteiger partial charge in [0.15, 0.2) is 0 Å². The maximum atomic E-state index is 13.7. The molecule has 3 N–H and O–H groups in total. The molecule has 0 fully saturated rings. The van der Waals surface area contributed by atoms with Crippen LogP contribution in [0.1, 0.15) is 15.9 Å². The number of hydrogen-bond acceptors (Lipinski definition) is 3. The molecule has 106 valence electrons. The molecule has 0 aliphatic carbocycles. The second-order valence-corrected chi connectivity index (χ2v) is 3.77. The largest absolute Gasteiger partial charge is 0.478 e. The van der Waals surface area contributed by atoms with Gasteiger partial charge in [0.05, 0.1) is 12.1 Å². The van der Waals surface area contributed by atoms with Crippen LogP contribution in [0.5, 0.6) is 0 Å². The first kappa shape index (κ1) is 15.4. The van der Waals surface area contributed by atoms with E-state index in [2.05, 4.69) is 10.6 Å². The fourth-order valence-electron chi connectivity index (χ4n) is 1.33. The number of carbonyl (C=O) groups is 3. The van der Waals surface area contributed by atoms with Crippen LogP contribution in [0.3, 0.4) is 0 Å². The van der Waals surface area contributed by atoms with Crippen LogP contribution in [-0.2, 0) is 9.59 Å². The third kappa shape index (κ3) is 4.52. The lowest BCUT2D eigenvalue weighted by molar-refractivity contribution is -0.131. The Balaban J connectivity index is 2.79. The number of rotatable bonds is 5. The Morgan fingerprint density at radius 1 is 1.35 bits per heavy atom. The molecule has 0 bridgehead atoms. The normalized spacial score (nSPS) is 10.3. The number of benzene rings is 1. The van der Waals surface area contributed by atoms with E-state index in [-0.39, 0.29) is 12.1 Å². The van der Waals surface area contributed by atoms with Gasteiger partial charge in [0, 0.05) is 13.1 Å². The molecule has 0 radical (unpaired) electrons. The predicted octanol–water partition coefficient (Wildman–Crippen LogP) is 0.399. The number of likely N-dealkylation sites (N-methyl/N-ethyl adjacent to an activating group) is 1. The van der Waals surface area contributed by atoms with Crippen LogP contribution in [0.2, 0.25) is 0 Å². The van der Waals surface area contributed by atoms with Gasteiger partial charge in [-0.2, -0.15) is 0 Å². The number of carbonyl (C=O) groups excluding carboxylic acids is 2. The summed E-state index contributed by atoms with van der Waals surface area (Å²) in [5.74, 6) is -3.08. The molecule has 0 saturated heterocycles. The van der Waals surface area contributed by atoms with Gasteiger partial charge < -0.3 is 15.7 Å². The molecule has 1 rings (SSSR count). The summed E-state index contributed by atoms with van der Waals surface area (Å²) in [6.45, 7) is -0.255. The van der Waals surface area contributed by atoms with Gasteiger partial charge in [0.1, 0.15) is 5.82 Å². The summed E-state index contributed by atoms with van der Waals surface area (Å²) in [6, 6.07) is 3.65. The molecule has 1 aromatic rings. The zero-order valence-electron chi connectivity index (χ0n) is 10.6. The minimum atomic E-state index is -1.15. The SMILES string of the molecule is CNC(=O)CNC(=O)c1ccc(C=CC(=O)O)cc1F. The van der Waals surface area contributed by atoms with Crippen molar-refractivity contribution in [3.63, 3.8) is 0 Å². The van der Waals surface area contributed by atoms with Gasteiger partial charge in [-0.15, -0.1) is 0 Å². The number of amides is 2. The monoisotopic (exact) mass is 280 g/mol. The van der Waals surface area contributed by atoms with Crippen LogP contribution in [-0.4, -0.2) is 36.5 Å². The summed E-state index contributed by atoms with van der Waals surface area (Å²) in [5, 5.41) is 13.0. The van der Waals surface area contributed by atoms with Crippen LogP contribution in [0.4, 0.5) is 4.39 Å². The fraction of sp³-hybridized carbons (Fsp3) is 0.154. The summed E-state index contributed by atoms with van der Waals surface area (Å²) in [4.78, 5) is 32.9. The first-order valence-electron chi connectivity index (χ1n) is 5.63. The van der Waals surface area contributed by atoms with Crippen LogP contribution in [0, 0.1) is 5.82 Å². The van der Waals surface area contributed by atoms with Crippen molar-refractivity contribution in [1.82, 2.24) is 10.6 Å². The van der Waals surface area contributed by atoms with E-state index in [1.54, 1.807) is 0 Å². The van der Waals surface area contributed by atoms with E-state index in [0.717, 1.165) is 12.1 Å². The maximum Gasteiger partial charge on any atom is 0.328 e. The fourth-order valence-corrected chi connectivity index (χ4v) is 1.33. The summed E-state index contributed by atoms with van der Waals surface area (Å²) in [5.41, 5.74) is 0.0918. The Morgan fingerprint density at radius 3 is 2.60 bits per heavy atom. The van der Waals surface area contributed by atoms with Crippen molar-refractivity contribution >= 4 is 23.9 Å². The Labute approximate surface area is 114 Å². The van der Waals surface area contributed by atoms with Gasteiger partial charge in [-0.1, -0.05) is 6.07 Å². The number of aliphatic carboxylic acids is 1. The highest BCUT2D eigenvalue weighted by atomic mass is 19.1. The minimum absolute atomic E-state index is 0.221. The van der Waals surface area contributed by atoms with Crippen molar-refractivity contribution in [2.45, 2.75) is 0 Å². The van der Waals surface area contributed by atoms with Gasteiger partial charge in [0.2, 0.25) is 5.91 Å². The zero-order chi connectivity index (χ0) is 15.1. The molecular weight excluding hydrogens is 267 g/mol. The lowest BCUT2D eigenvalue weighted by Crippen LogP contribution is -2.35. The lowest BCUT2D eigenvalue weighted by atomic mass is 10.1. The Hall–Kier alpha value is -2.70. The van der Waals surface area contributed by atoms with E-state index in [9.17, 15) is 18.8 Å². The number of carboxylic acid groups (broad SMARTS) is 1. The Kier molecular flexibility index (Phi) is 5.40. The molecule has 0 saturated carbocycles. The second kappa shape index (κ2) is 7.03.